The zero-order chi connectivity index (χ0) is 19.7. The summed E-state index contributed by atoms with van der Waals surface area (Å²) in [5.41, 5.74) is 8.12. The Morgan fingerprint density at radius 3 is 2.71 bits per heavy atom. The molecule has 0 atom stereocenters. The highest BCUT2D eigenvalue weighted by molar-refractivity contribution is 6.29. The van der Waals surface area contributed by atoms with Crippen LogP contribution in [0.25, 0.3) is 5.82 Å². The Morgan fingerprint density at radius 2 is 2.00 bits per heavy atom. The highest BCUT2D eigenvalue weighted by Crippen LogP contribution is 2.26. The molecule has 0 saturated carbocycles. The van der Waals surface area contributed by atoms with E-state index in [1.54, 1.807) is 36.1 Å². The monoisotopic (exact) mass is 400 g/mol. The van der Waals surface area contributed by atoms with Gasteiger partial charge in [0, 0.05) is 24.9 Å². The number of carbonyl (C=O) groups is 1. The Morgan fingerprint density at radius 1 is 1.14 bits per heavy atom. The van der Waals surface area contributed by atoms with E-state index >= 15 is 0 Å². The normalized spacial score (nSPS) is 14.0. The fourth-order valence-corrected chi connectivity index (χ4v) is 2.81. The van der Waals surface area contributed by atoms with Crippen molar-refractivity contribution >= 4 is 23.3 Å². The molecule has 11 heteroatoms. The van der Waals surface area contributed by atoms with Gasteiger partial charge >= 0.3 is 6.03 Å². The molecular weight excluding hydrogens is 384 g/mol. The van der Waals surface area contributed by atoms with E-state index in [0.29, 0.717) is 22.5 Å². The van der Waals surface area contributed by atoms with Gasteiger partial charge in [0.05, 0.1) is 5.69 Å². The first kappa shape index (κ1) is 18.2. The molecule has 0 aliphatic carbocycles. The zero-order valence-corrected chi connectivity index (χ0v) is 15.9. The van der Waals surface area contributed by atoms with Gasteiger partial charge in [-0.25, -0.2) is 19.5 Å². The minimum Gasteiger partial charge on any atom is -0.472 e. The van der Waals surface area contributed by atoms with Gasteiger partial charge in [-0.1, -0.05) is 23.7 Å². The van der Waals surface area contributed by atoms with Gasteiger partial charge in [0.15, 0.2) is 11.0 Å². The van der Waals surface area contributed by atoms with Crippen molar-refractivity contribution in [3.63, 3.8) is 0 Å². The number of amides is 2. The van der Waals surface area contributed by atoms with Gasteiger partial charge in [0.2, 0.25) is 5.88 Å². The molecule has 144 valence electrons. The molecule has 0 bridgehead atoms. The summed E-state index contributed by atoms with van der Waals surface area (Å²) in [6.45, 7) is 2.20. The minimum absolute atomic E-state index is 0.225. The standard InChI is InChI=1S/C17H17ClN8O2/c1-11-4-3-5-13(26-17(27)24(2)22-23-26)12(11)10-28-16-8-9-25(21-16)15-7-6-14(18)19-20-15/h3-9,22-23H,10H2,1-2H3. The smallest absolute Gasteiger partial charge is 0.355 e. The second-order valence-electron chi connectivity index (χ2n) is 6.07. The van der Waals surface area contributed by atoms with E-state index in [4.69, 9.17) is 16.3 Å². The SMILES string of the molecule is Cc1cccc(N2NNN(C)C2=O)c1COc1ccn(-c2ccc(Cl)nn2)n1. The Kier molecular flexibility index (Phi) is 4.82. The van der Waals surface area contributed by atoms with Crippen LogP contribution >= 0.6 is 11.6 Å². The first-order valence-electron chi connectivity index (χ1n) is 8.38. The van der Waals surface area contributed by atoms with Crippen LogP contribution in [0, 0.1) is 6.92 Å². The molecule has 2 aromatic heterocycles. The second kappa shape index (κ2) is 7.43. The molecule has 4 rings (SSSR count). The number of halogens is 1. The summed E-state index contributed by atoms with van der Waals surface area (Å²) in [7, 11) is 1.63. The lowest BCUT2D eigenvalue weighted by Crippen LogP contribution is -2.38. The number of benzene rings is 1. The average molecular weight is 401 g/mol. The number of rotatable bonds is 5. The molecule has 10 nitrogen and oxygen atoms in total. The van der Waals surface area contributed by atoms with E-state index in [0.717, 1.165) is 11.1 Å². The third kappa shape index (κ3) is 3.48. The molecule has 1 fully saturated rings. The molecule has 0 spiro atoms. The third-order valence-electron chi connectivity index (χ3n) is 4.22. The van der Waals surface area contributed by atoms with E-state index < -0.39 is 0 Å². The predicted molar refractivity (Wildman–Crippen MR) is 102 cm³/mol. The quantitative estimate of drug-likeness (QED) is 0.675. The first-order chi connectivity index (χ1) is 13.5. The van der Waals surface area contributed by atoms with Gasteiger partial charge in [0.25, 0.3) is 0 Å². The molecule has 2 amide bonds. The predicted octanol–water partition coefficient (Wildman–Crippen LogP) is 2.00. The van der Waals surface area contributed by atoms with Gasteiger partial charge in [0.1, 0.15) is 6.61 Å². The number of ether oxygens (including phenoxy) is 1. The number of nitrogens with one attached hydrogen (secondary N) is 2. The summed E-state index contributed by atoms with van der Waals surface area (Å²) in [5, 5.41) is 15.2. The van der Waals surface area contributed by atoms with Gasteiger partial charge in [-0.05, 0) is 30.7 Å². The molecule has 0 radical (unpaired) electrons. The molecule has 1 aromatic carbocycles. The average Bonchev–Trinajstić information content (AvgIpc) is 3.29. The molecule has 28 heavy (non-hydrogen) atoms. The Hall–Kier alpha value is -3.21. The van der Waals surface area contributed by atoms with Crippen LogP contribution in [0.3, 0.4) is 0 Å². The van der Waals surface area contributed by atoms with Crippen LogP contribution in [-0.4, -0.2) is 38.1 Å². The highest BCUT2D eigenvalue weighted by Gasteiger charge is 2.28. The van der Waals surface area contributed by atoms with Gasteiger partial charge in [-0.3, -0.25) is 0 Å². The van der Waals surface area contributed by atoms with Crippen LogP contribution in [0.1, 0.15) is 11.1 Å². The topological polar surface area (TPSA) is 100 Å². The van der Waals surface area contributed by atoms with Crippen molar-refractivity contribution in [1.82, 2.24) is 36.1 Å². The number of hydrazine groups is 3. The summed E-state index contributed by atoms with van der Waals surface area (Å²) in [6.07, 6.45) is 1.72. The van der Waals surface area contributed by atoms with Crippen molar-refractivity contribution in [2.75, 3.05) is 12.1 Å². The number of carbonyl (C=O) groups excluding carboxylic acids is 1. The number of hydrogen-bond donors (Lipinski definition) is 2. The van der Waals surface area contributed by atoms with Crippen LogP contribution in [0.5, 0.6) is 5.88 Å². The van der Waals surface area contributed by atoms with Crippen LogP contribution in [0.4, 0.5) is 10.5 Å². The van der Waals surface area contributed by atoms with Crippen LogP contribution < -0.4 is 20.8 Å². The first-order valence-corrected chi connectivity index (χ1v) is 8.76. The number of aromatic nitrogens is 4. The van der Waals surface area contributed by atoms with Crippen LogP contribution in [-0.2, 0) is 6.61 Å². The van der Waals surface area contributed by atoms with E-state index in [-0.39, 0.29) is 12.6 Å². The van der Waals surface area contributed by atoms with Crippen LogP contribution in [0.15, 0.2) is 42.6 Å². The molecular formula is C17H17ClN8O2. The van der Waals surface area contributed by atoms with Gasteiger partial charge in [-0.2, -0.15) is 0 Å². The van der Waals surface area contributed by atoms with Gasteiger partial charge in [-0.15, -0.1) is 26.4 Å². The van der Waals surface area contributed by atoms with E-state index in [1.807, 2.05) is 25.1 Å². The third-order valence-corrected chi connectivity index (χ3v) is 4.42. The van der Waals surface area contributed by atoms with Crippen molar-refractivity contribution in [2.45, 2.75) is 13.5 Å². The van der Waals surface area contributed by atoms with Crippen LogP contribution in [0.2, 0.25) is 5.15 Å². The van der Waals surface area contributed by atoms with Crippen molar-refractivity contribution < 1.29 is 9.53 Å². The molecule has 1 aliphatic heterocycles. The second-order valence-corrected chi connectivity index (χ2v) is 6.46. The molecule has 1 saturated heterocycles. The molecule has 1 aliphatic rings. The largest absolute Gasteiger partial charge is 0.472 e. The lowest BCUT2D eigenvalue weighted by atomic mass is 10.1. The number of anilines is 1. The summed E-state index contributed by atoms with van der Waals surface area (Å²) >= 11 is 5.76. The van der Waals surface area contributed by atoms with E-state index in [2.05, 4.69) is 26.4 Å². The lowest BCUT2D eigenvalue weighted by molar-refractivity contribution is 0.214. The van der Waals surface area contributed by atoms with Crippen molar-refractivity contribution in [3.8, 4) is 11.7 Å². The maximum Gasteiger partial charge on any atom is 0.355 e. The number of urea groups is 1. The number of nitrogens with zero attached hydrogens (tertiary/aromatic N) is 6. The summed E-state index contributed by atoms with van der Waals surface area (Å²) in [5.74, 6) is 0.943. The Bertz CT molecular complexity index is 1010. The van der Waals surface area contributed by atoms with Crippen molar-refractivity contribution in [2.24, 2.45) is 0 Å². The zero-order valence-electron chi connectivity index (χ0n) is 15.1. The molecule has 3 aromatic rings. The molecule has 3 heterocycles. The Balaban J connectivity index is 1.53. The maximum atomic E-state index is 12.3. The van der Waals surface area contributed by atoms with Crippen molar-refractivity contribution in [3.05, 3.63) is 58.9 Å². The minimum atomic E-state index is -0.225. The lowest BCUT2D eigenvalue weighted by Gasteiger charge is -2.19. The number of aryl methyl sites for hydroxylation is 1. The molecule has 2 N–H and O–H groups in total. The highest BCUT2D eigenvalue weighted by atomic mass is 35.5. The maximum absolute atomic E-state index is 12.3. The summed E-state index contributed by atoms with van der Waals surface area (Å²) in [6, 6.07) is 10.5. The fourth-order valence-electron chi connectivity index (χ4n) is 2.71. The summed E-state index contributed by atoms with van der Waals surface area (Å²) < 4.78 is 7.40. The van der Waals surface area contributed by atoms with E-state index in [1.165, 1.54) is 10.0 Å². The fraction of sp³-hybridized carbons (Fsp3) is 0.176. The van der Waals surface area contributed by atoms with Gasteiger partial charge < -0.3 is 4.74 Å². The summed E-state index contributed by atoms with van der Waals surface area (Å²) in [4.78, 5) is 12.3. The number of hydrogen-bond acceptors (Lipinski definition) is 7. The molecule has 0 unspecified atom stereocenters. The van der Waals surface area contributed by atoms with Crippen molar-refractivity contribution in [1.29, 1.82) is 0 Å². The Labute approximate surface area is 165 Å². The van der Waals surface area contributed by atoms with E-state index in [9.17, 15) is 4.79 Å².